The zero-order valence-electron chi connectivity index (χ0n) is 38.3. The molecular weight excluding hydrogens is 865 g/mol. The number of nitriles is 1. The number of nitrogens with zero attached hydrogens (tertiary/aromatic N) is 6. The zero-order chi connectivity index (χ0) is 47.0. The normalized spacial score (nSPS) is 11.6. The van der Waals surface area contributed by atoms with Crippen molar-refractivity contribution in [1.29, 1.82) is 5.26 Å². The Morgan fingerprint density at radius 1 is 0.296 bits per heavy atom. The van der Waals surface area contributed by atoms with Gasteiger partial charge in [0.25, 0.3) is 0 Å². The van der Waals surface area contributed by atoms with Gasteiger partial charge in [-0.15, -0.1) is 0 Å². The van der Waals surface area contributed by atoms with Crippen molar-refractivity contribution in [3.8, 4) is 68.2 Å². The lowest BCUT2D eigenvalue weighted by molar-refractivity contribution is 1.16. The van der Waals surface area contributed by atoms with Crippen molar-refractivity contribution in [3.63, 3.8) is 0 Å². The molecule has 0 unspecified atom stereocenters. The summed E-state index contributed by atoms with van der Waals surface area (Å²) in [5.74, 6) is 0.522. The molecule has 0 fully saturated rings. The van der Waals surface area contributed by atoms with Crippen LogP contribution in [0.2, 0.25) is 0 Å². The molecule has 6 nitrogen and oxygen atoms in total. The molecule has 0 aliphatic heterocycles. The van der Waals surface area contributed by atoms with Crippen molar-refractivity contribution in [3.05, 3.63) is 248 Å². The van der Waals surface area contributed by atoms with E-state index in [1.54, 1.807) is 0 Å². The molecule has 0 aliphatic rings. The number of hydrogen-bond acceptors (Lipinski definition) is 3. The van der Waals surface area contributed by atoms with Crippen LogP contribution in [0.3, 0.4) is 0 Å². The Morgan fingerprint density at radius 2 is 0.662 bits per heavy atom. The van der Waals surface area contributed by atoms with Gasteiger partial charge >= 0.3 is 0 Å². The topological polar surface area (TPSA) is 64.4 Å². The van der Waals surface area contributed by atoms with E-state index >= 15 is 0 Å². The Bertz CT molecular complexity index is 4180. The summed E-state index contributed by atoms with van der Waals surface area (Å²) in [4.78, 5) is 9.97. The highest BCUT2D eigenvalue weighted by Crippen LogP contribution is 2.40. The third-order valence-corrected chi connectivity index (χ3v) is 14.1. The van der Waals surface area contributed by atoms with Gasteiger partial charge in [0.2, 0.25) is 0 Å². The Kier molecular flexibility index (Phi) is 9.16. The molecule has 6 heteroatoms. The van der Waals surface area contributed by atoms with Crippen LogP contribution in [0.5, 0.6) is 0 Å². The Morgan fingerprint density at radius 3 is 1.15 bits per heavy atom. The summed E-state index contributed by atoms with van der Waals surface area (Å²) in [6.45, 7) is 0. The van der Waals surface area contributed by atoms with E-state index in [0.29, 0.717) is 17.0 Å². The molecule has 330 valence electrons. The molecule has 0 N–H and O–H groups in total. The highest BCUT2D eigenvalue weighted by atomic mass is 15.0. The molecule has 10 aromatic carbocycles. The molecule has 14 rings (SSSR count). The highest BCUT2D eigenvalue weighted by molar-refractivity contribution is 6.14. The number of aromatic nitrogens is 5. The van der Waals surface area contributed by atoms with Gasteiger partial charge in [-0.3, -0.25) is 0 Å². The van der Waals surface area contributed by atoms with Crippen LogP contribution >= 0.6 is 0 Å². The number of benzene rings is 10. The van der Waals surface area contributed by atoms with E-state index in [4.69, 9.17) is 9.97 Å². The smallest absolute Gasteiger partial charge is 0.161 e. The predicted octanol–water partition coefficient (Wildman–Crippen LogP) is 16.3. The zero-order valence-corrected chi connectivity index (χ0v) is 38.3. The second-order valence-electron chi connectivity index (χ2n) is 18.1. The van der Waals surface area contributed by atoms with Crippen LogP contribution < -0.4 is 0 Å². The van der Waals surface area contributed by atoms with Gasteiger partial charge in [-0.25, -0.2) is 9.97 Å². The van der Waals surface area contributed by atoms with Gasteiger partial charge in [-0.1, -0.05) is 152 Å². The molecule has 0 amide bonds. The fourth-order valence-corrected chi connectivity index (χ4v) is 10.8. The van der Waals surface area contributed by atoms with Crippen LogP contribution in [-0.2, 0) is 0 Å². The van der Waals surface area contributed by atoms with Crippen molar-refractivity contribution >= 4 is 65.4 Å². The standard InChI is InChI=1S/C65H40N6/c66-41-46-16-4-5-17-50(46)65-67-57(44-14-2-1-3-15-44)40-58(68-65)45-28-26-42(27-29-45)43-30-32-47(33-31-43)69-63-36-34-48(70-59-22-10-6-18-51(59)52-19-7-11-23-60(52)70)38-55(63)56-39-49(35-37-64(56)69)71-61-24-12-8-20-53(61)54-21-9-13-25-62(54)71/h1-40H. The van der Waals surface area contributed by atoms with Crippen molar-refractivity contribution in [2.24, 2.45) is 0 Å². The minimum Gasteiger partial charge on any atom is -0.309 e. The largest absolute Gasteiger partial charge is 0.309 e. The van der Waals surface area contributed by atoms with E-state index in [9.17, 15) is 5.26 Å². The molecule has 0 bridgehead atoms. The van der Waals surface area contributed by atoms with Crippen LogP contribution in [0, 0.1) is 11.3 Å². The molecule has 0 saturated heterocycles. The van der Waals surface area contributed by atoms with Crippen LogP contribution in [-0.4, -0.2) is 23.7 Å². The quantitative estimate of drug-likeness (QED) is 0.160. The maximum absolute atomic E-state index is 9.95. The lowest BCUT2D eigenvalue weighted by Gasteiger charge is -2.12. The maximum Gasteiger partial charge on any atom is 0.161 e. The van der Waals surface area contributed by atoms with Gasteiger partial charge in [0.15, 0.2) is 5.82 Å². The number of hydrogen-bond donors (Lipinski definition) is 0. The summed E-state index contributed by atoms with van der Waals surface area (Å²) >= 11 is 0. The molecule has 0 radical (unpaired) electrons. The van der Waals surface area contributed by atoms with E-state index in [0.717, 1.165) is 61.7 Å². The average Bonchev–Trinajstić information content (AvgIpc) is 4.08. The molecule has 0 spiro atoms. The highest BCUT2D eigenvalue weighted by Gasteiger charge is 2.20. The monoisotopic (exact) mass is 904 g/mol. The first-order chi connectivity index (χ1) is 35.2. The van der Waals surface area contributed by atoms with E-state index in [-0.39, 0.29) is 0 Å². The SMILES string of the molecule is N#Cc1ccccc1-c1nc(-c2ccccc2)cc(-c2ccc(-c3ccc(-n4c5ccc(-n6c7ccccc7c7ccccc76)cc5c5cc(-n6c7ccccc7c7ccccc76)ccc54)cc3)cc2)n1. The van der Waals surface area contributed by atoms with Crippen LogP contribution in [0.4, 0.5) is 0 Å². The summed E-state index contributed by atoms with van der Waals surface area (Å²) in [6.07, 6.45) is 0. The summed E-state index contributed by atoms with van der Waals surface area (Å²) < 4.78 is 7.22. The van der Waals surface area contributed by atoms with E-state index in [1.165, 1.54) is 54.4 Å². The molecule has 4 heterocycles. The van der Waals surface area contributed by atoms with Crippen LogP contribution in [0.1, 0.15) is 5.56 Å². The van der Waals surface area contributed by atoms with Crippen molar-refractivity contribution in [1.82, 2.24) is 23.7 Å². The molecular formula is C65H40N6. The second-order valence-corrected chi connectivity index (χ2v) is 18.1. The second kappa shape index (κ2) is 16.2. The summed E-state index contributed by atoms with van der Waals surface area (Å²) in [6, 6.07) is 88.2. The first kappa shape index (κ1) is 40.3. The first-order valence-corrected chi connectivity index (χ1v) is 23.9. The molecule has 0 atom stereocenters. The van der Waals surface area contributed by atoms with Crippen LogP contribution in [0.25, 0.3) is 128 Å². The third kappa shape index (κ3) is 6.49. The van der Waals surface area contributed by atoms with Gasteiger partial charge in [0.1, 0.15) is 0 Å². The Hall–Kier alpha value is -9.83. The van der Waals surface area contributed by atoms with Crippen molar-refractivity contribution in [2.45, 2.75) is 0 Å². The summed E-state index contributed by atoms with van der Waals surface area (Å²) in [7, 11) is 0. The Balaban J connectivity index is 0.888. The van der Waals surface area contributed by atoms with Crippen LogP contribution in [0.15, 0.2) is 243 Å². The van der Waals surface area contributed by atoms with E-state index in [2.05, 4.69) is 202 Å². The first-order valence-electron chi connectivity index (χ1n) is 23.9. The van der Waals surface area contributed by atoms with E-state index in [1.807, 2.05) is 60.7 Å². The average molecular weight is 905 g/mol. The van der Waals surface area contributed by atoms with Gasteiger partial charge in [0, 0.05) is 66.1 Å². The van der Waals surface area contributed by atoms with Gasteiger partial charge in [-0.05, 0) is 102 Å². The number of fused-ring (bicyclic) bond motifs is 9. The fourth-order valence-electron chi connectivity index (χ4n) is 10.8. The number of para-hydroxylation sites is 4. The molecule has 4 aromatic heterocycles. The fraction of sp³-hybridized carbons (Fsp3) is 0. The molecule has 14 aromatic rings. The lowest BCUT2D eigenvalue weighted by Crippen LogP contribution is -1.97. The molecule has 0 saturated carbocycles. The van der Waals surface area contributed by atoms with E-state index < -0.39 is 0 Å². The van der Waals surface area contributed by atoms with Crippen molar-refractivity contribution < 1.29 is 0 Å². The van der Waals surface area contributed by atoms with Gasteiger partial charge in [-0.2, -0.15) is 5.26 Å². The summed E-state index contributed by atoms with van der Waals surface area (Å²) in [5, 5.41) is 17.3. The van der Waals surface area contributed by atoms with Gasteiger partial charge < -0.3 is 13.7 Å². The minimum atomic E-state index is 0.522. The molecule has 71 heavy (non-hydrogen) atoms. The predicted molar refractivity (Wildman–Crippen MR) is 292 cm³/mol. The number of rotatable bonds is 7. The molecule has 0 aliphatic carbocycles. The lowest BCUT2D eigenvalue weighted by atomic mass is 10.0. The van der Waals surface area contributed by atoms with Gasteiger partial charge in [0.05, 0.1) is 56.1 Å². The minimum absolute atomic E-state index is 0.522. The van der Waals surface area contributed by atoms with Crippen molar-refractivity contribution in [2.75, 3.05) is 0 Å². The Labute approximate surface area is 408 Å². The third-order valence-electron chi connectivity index (χ3n) is 14.1. The summed E-state index contributed by atoms with van der Waals surface area (Å²) in [5.41, 5.74) is 17.3. The maximum atomic E-state index is 9.95.